The molecule has 1 fully saturated rings. The lowest BCUT2D eigenvalue weighted by Gasteiger charge is -2.44. The van der Waals surface area contributed by atoms with Gasteiger partial charge in [0.15, 0.2) is 0 Å². The Morgan fingerprint density at radius 3 is 2.44 bits per heavy atom. The standard InChI is InChI=1S/C20H22BrN3O3/c1-20(25)11-23(12-20)10-15-18(26-2)7-13(8-19(15)27-3)24-17-6-4-5-16(21)14(17)9-22-24/h4-9,25H,10-12H2,1-3H3. The molecule has 6 nitrogen and oxygen atoms in total. The molecule has 0 amide bonds. The van der Waals surface area contributed by atoms with E-state index in [0.717, 1.165) is 38.1 Å². The van der Waals surface area contributed by atoms with Crippen LogP contribution >= 0.6 is 15.9 Å². The predicted octanol–water partition coefficient (Wildman–Crippen LogP) is 3.37. The molecule has 7 heteroatoms. The summed E-state index contributed by atoms with van der Waals surface area (Å²) in [6, 6.07) is 9.97. The minimum atomic E-state index is -0.609. The summed E-state index contributed by atoms with van der Waals surface area (Å²) in [6.45, 7) is 3.79. The van der Waals surface area contributed by atoms with E-state index in [1.807, 2.05) is 48.1 Å². The minimum Gasteiger partial charge on any atom is -0.496 e. The summed E-state index contributed by atoms with van der Waals surface area (Å²) in [7, 11) is 3.32. The van der Waals surface area contributed by atoms with Crippen molar-refractivity contribution in [3.05, 3.63) is 46.6 Å². The highest BCUT2D eigenvalue weighted by Gasteiger charge is 2.37. The van der Waals surface area contributed by atoms with Crippen LogP contribution < -0.4 is 9.47 Å². The fourth-order valence-corrected chi connectivity index (χ4v) is 4.18. The normalized spacial score (nSPS) is 16.3. The van der Waals surface area contributed by atoms with Crippen LogP contribution in [-0.2, 0) is 6.54 Å². The molecule has 0 aliphatic carbocycles. The fourth-order valence-electron chi connectivity index (χ4n) is 3.72. The molecule has 2 aromatic carbocycles. The molecule has 0 atom stereocenters. The molecular formula is C20H22BrN3O3. The van der Waals surface area contributed by atoms with E-state index in [1.165, 1.54) is 0 Å². The van der Waals surface area contributed by atoms with Gasteiger partial charge in [0.2, 0.25) is 0 Å². The number of rotatable bonds is 5. The molecule has 3 aromatic rings. The molecule has 1 aliphatic rings. The first-order valence-corrected chi connectivity index (χ1v) is 9.53. The number of aliphatic hydroxyl groups is 1. The Balaban J connectivity index is 1.75. The Bertz CT molecular complexity index is 966. The summed E-state index contributed by atoms with van der Waals surface area (Å²) in [4.78, 5) is 2.17. The molecule has 2 heterocycles. The SMILES string of the molecule is COc1cc(-n2ncc3c(Br)cccc32)cc(OC)c1CN1CC(C)(O)C1. The number of fused-ring (bicyclic) bond motifs is 1. The highest BCUT2D eigenvalue weighted by Crippen LogP contribution is 2.36. The topological polar surface area (TPSA) is 59.8 Å². The van der Waals surface area contributed by atoms with Gasteiger partial charge in [0.05, 0.1) is 42.8 Å². The average Bonchev–Trinajstić information content (AvgIpc) is 3.05. The first-order chi connectivity index (χ1) is 12.9. The number of nitrogens with zero attached hydrogens (tertiary/aromatic N) is 3. The smallest absolute Gasteiger partial charge is 0.129 e. The van der Waals surface area contributed by atoms with Crippen molar-refractivity contribution in [1.82, 2.24) is 14.7 Å². The second-order valence-electron chi connectivity index (χ2n) is 7.20. The quantitative estimate of drug-likeness (QED) is 0.670. The summed E-state index contributed by atoms with van der Waals surface area (Å²) in [6.07, 6.45) is 1.84. The number of likely N-dealkylation sites (tertiary alicyclic amines) is 1. The zero-order valence-electron chi connectivity index (χ0n) is 15.6. The molecule has 0 bridgehead atoms. The van der Waals surface area contributed by atoms with Gasteiger partial charge in [-0.15, -0.1) is 0 Å². The van der Waals surface area contributed by atoms with Gasteiger partial charge < -0.3 is 14.6 Å². The van der Waals surface area contributed by atoms with Crippen molar-refractivity contribution in [1.29, 1.82) is 0 Å². The number of benzene rings is 2. The van der Waals surface area contributed by atoms with Crippen molar-refractivity contribution in [3.63, 3.8) is 0 Å². The van der Waals surface area contributed by atoms with Crippen LogP contribution in [0, 0.1) is 0 Å². The molecule has 1 aromatic heterocycles. The van der Waals surface area contributed by atoms with Gasteiger partial charge >= 0.3 is 0 Å². The Labute approximate surface area is 166 Å². The maximum Gasteiger partial charge on any atom is 0.129 e. The van der Waals surface area contributed by atoms with E-state index in [1.54, 1.807) is 14.2 Å². The van der Waals surface area contributed by atoms with E-state index in [4.69, 9.17) is 9.47 Å². The van der Waals surface area contributed by atoms with Gasteiger partial charge in [0.1, 0.15) is 11.5 Å². The van der Waals surface area contributed by atoms with E-state index in [9.17, 15) is 5.11 Å². The molecule has 142 valence electrons. The molecule has 0 spiro atoms. The number of hydrogen-bond donors (Lipinski definition) is 1. The van der Waals surface area contributed by atoms with Crippen LogP contribution in [0.5, 0.6) is 11.5 Å². The summed E-state index contributed by atoms with van der Waals surface area (Å²) in [5, 5.41) is 15.6. The van der Waals surface area contributed by atoms with Gasteiger partial charge in [-0.25, -0.2) is 4.68 Å². The number of halogens is 1. The zero-order chi connectivity index (χ0) is 19.2. The van der Waals surface area contributed by atoms with Gasteiger partial charge in [-0.2, -0.15) is 5.10 Å². The van der Waals surface area contributed by atoms with Gasteiger partial charge in [-0.1, -0.05) is 22.0 Å². The van der Waals surface area contributed by atoms with Crippen LogP contribution in [0.1, 0.15) is 12.5 Å². The van der Waals surface area contributed by atoms with Gasteiger partial charge in [-0.05, 0) is 19.1 Å². The van der Waals surface area contributed by atoms with Gasteiger partial charge in [0.25, 0.3) is 0 Å². The van der Waals surface area contributed by atoms with Crippen molar-refractivity contribution in [2.45, 2.75) is 19.1 Å². The average molecular weight is 432 g/mol. The first-order valence-electron chi connectivity index (χ1n) is 8.74. The van der Waals surface area contributed by atoms with Crippen LogP contribution in [0.4, 0.5) is 0 Å². The zero-order valence-corrected chi connectivity index (χ0v) is 17.2. The predicted molar refractivity (Wildman–Crippen MR) is 108 cm³/mol. The molecule has 0 saturated carbocycles. The lowest BCUT2D eigenvalue weighted by molar-refractivity contribution is -0.0875. The second-order valence-corrected chi connectivity index (χ2v) is 8.05. The van der Waals surface area contributed by atoms with E-state index >= 15 is 0 Å². The maximum atomic E-state index is 9.99. The minimum absolute atomic E-state index is 0.609. The van der Waals surface area contributed by atoms with Crippen LogP contribution in [0.15, 0.2) is 41.0 Å². The van der Waals surface area contributed by atoms with Crippen LogP contribution in [0.2, 0.25) is 0 Å². The molecule has 27 heavy (non-hydrogen) atoms. The van der Waals surface area contributed by atoms with Crippen molar-refractivity contribution in [2.75, 3.05) is 27.3 Å². The van der Waals surface area contributed by atoms with E-state index < -0.39 is 5.60 Å². The van der Waals surface area contributed by atoms with E-state index in [-0.39, 0.29) is 0 Å². The Morgan fingerprint density at radius 2 is 1.85 bits per heavy atom. The number of hydrogen-bond acceptors (Lipinski definition) is 5. The third-order valence-electron chi connectivity index (χ3n) is 4.91. The number of β-amino-alcohol motifs (C(OH)–C–C–N with tert-alkyl or cyclic N) is 1. The van der Waals surface area contributed by atoms with E-state index in [0.29, 0.717) is 19.6 Å². The molecule has 4 rings (SSSR count). The van der Waals surface area contributed by atoms with Crippen molar-refractivity contribution in [3.8, 4) is 17.2 Å². The van der Waals surface area contributed by atoms with Gasteiger partial charge in [-0.3, -0.25) is 4.90 Å². The highest BCUT2D eigenvalue weighted by molar-refractivity contribution is 9.10. The Morgan fingerprint density at radius 1 is 1.19 bits per heavy atom. The molecule has 0 unspecified atom stereocenters. The Hall–Kier alpha value is -2.09. The van der Waals surface area contributed by atoms with E-state index in [2.05, 4.69) is 25.9 Å². The number of methoxy groups -OCH3 is 2. The first kappa shape index (κ1) is 18.3. The molecular weight excluding hydrogens is 410 g/mol. The number of ether oxygens (including phenoxy) is 2. The summed E-state index contributed by atoms with van der Waals surface area (Å²) >= 11 is 3.57. The lowest BCUT2D eigenvalue weighted by atomic mass is 9.96. The second kappa shape index (κ2) is 6.82. The van der Waals surface area contributed by atoms with Crippen molar-refractivity contribution < 1.29 is 14.6 Å². The third kappa shape index (κ3) is 3.31. The van der Waals surface area contributed by atoms with Crippen molar-refractivity contribution >= 4 is 26.8 Å². The molecule has 1 saturated heterocycles. The molecule has 0 radical (unpaired) electrons. The molecule has 1 N–H and O–H groups in total. The van der Waals surface area contributed by atoms with Crippen molar-refractivity contribution in [2.24, 2.45) is 0 Å². The summed E-state index contributed by atoms with van der Waals surface area (Å²) in [5.41, 5.74) is 2.23. The maximum absolute atomic E-state index is 9.99. The lowest BCUT2D eigenvalue weighted by Crippen LogP contribution is -2.59. The van der Waals surface area contributed by atoms with Crippen LogP contribution in [-0.4, -0.2) is 52.7 Å². The van der Waals surface area contributed by atoms with Gasteiger partial charge in [0, 0.05) is 41.6 Å². The largest absolute Gasteiger partial charge is 0.496 e. The van der Waals surface area contributed by atoms with Crippen LogP contribution in [0.3, 0.4) is 0 Å². The highest BCUT2D eigenvalue weighted by atomic mass is 79.9. The summed E-state index contributed by atoms with van der Waals surface area (Å²) in [5.74, 6) is 1.49. The summed E-state index contributed by atoms with van der Waals surface area (Å²) < 4.78 is 14.2. The van der Waals surface area contributed by atoms with Crippen LogP contribution in [0.25, 0.3) is 16.6 Å². The fraction of sp³-hybridized carbons (Fsp3) is 0.350. The third-order valence-corrected chi connectivity index (χ3v) is 5.60. The number of aromatic nitrogens is 2. The molecule has 1 aliphatic heterocycles. The monoisotopic (exact) mass is 431 g/mol. The Kier molecular flexibility index (Phi) is 4.61.